The Morgan fingerprint density at radius 3 is 2.00 bits per heavy atom. The van der Waals surface area contributed by atoms with Crippen molar-refractivity contribution in [3.8, 4) is 0 Å². The average Bonchev–Trinajstić information content (AvgIpc) is 2.26. The molecule has 5 nitrogen and oxygen atoms in total. The van der Waals surface area contributed by atoms with Crippen LogP contribution in [0.5, 0.6) is 0 Å². The van der Waals surface area contributed by atoms with Gasteiger partial charge in [-0.05, 0) is 12.8 Å². The van der Waals surface area contributed by atoms with E-state index in [0.29, 0.717) is 13.1 Å². The molecule has 0 aliphatic rings. The monoisotopic (exact) mass is 232 g/mol. The molecule has 0 spiro atoms. The maximum atomic E-state index is 10.9. The van der Waals surface area contributed by atoms with Gasteiger partial charge in [-0.1, -0.05) is 13.8 Å². The van der Waals surface area contributed by atoms with E-state index in [9.17, 15) is 9.59 Å². The second kappa shape index (κ2) is 13.9. The lowest BCUT2D eigenvalue weighted by atomic mass is 10.3. The largest absolute Gasteiger partial charge is 0.375 e. The van der Waals surface area contributed by atoms with Crippen molar-refractivity contribution >= 4 is 11.8 Å². The van der Waals surface area contributed by atoms with Crippen molar-refractivity contribution in [2.75, 3.05) is 26.8 Å². The van der Waals surface area contributed by atoms with Crippen LogP contribution in [0.4, 0.5) is 0 Å². The van der Waals surface area contributed by atoms with Gasteiger partial charge in [-0.2, -0.15) is 0 Å². The predicted molar refractivity (Wildman–Crippen MR) is 64.2 cm³/mol. The van der Waals surface area contributed by atoms with E-state index < -0.39 is 0 Å². The highest BCUT2D eigenvalue weighted by Crippen LogP contribution is 1.84. The fourth-order valence-corrected chi connectivity index (χ4v) is 0.924. The molecule has 2 N–H and O–H groups in total. The van der Waals surface area contributed by atoms with Crippen molar-refractivity contribution in [1.82, 2.24) is 10.6 Å². The summed E-state index contributed by atoms with van der Waals surface area (Å²) in [6.07, 6.45) is 1.72. The molecule has 0 saturated heterocycles. The SMILES string of the molecule is CC.COCC(=O)NCCCCNC(C)=O. The first-order chi connectivity index (χ1) is 7.66. The number of amides is 2. The molecule has 0 radical (unpaired) electrons. The smallest absolute Gasteiger partial charge is 0.245 e. The highest BCUT2D eigenvalue weighted by Gasteiger charge is 1.97. The van der Waals surface area contributed by atoms with Crippen LogP contribution in [-0.2, 0) is 14.3 Å². The summed E-state index contributed by atoms with van der Waals surface area (Å²) in [5.41, 5.74) is 0. The highest BCUT2D eigenvalue weighted by molar-refractivity contribution is 5.77. The number of methoxy groups -OCH3 is 1. The van der Waals surface area contributed by atoms with Gasteiger partial charge in [0.25, 0.3) is 0 Å². The summed E-state index contributed by atoms with van der Waals surface area (Å²) in [4.78, 5) is 21.4. The molecule has 0 aromatic rings. The van der Waals surface area contributed by atoms with Crippen molar-refractivity contribution in [2.24, 2.45) is 0 Å². The van der Waals surface area contributed by atoms with Crippen molar-refractivity contribution in [3.63, 3.8) is 0 Å². The number of rotatable bonds is 7. The van der Waals surface area contributed by atoms with E-state index in [1.807, 2.05) is 13.8 Å². The first-order valence-electron chi connectivity index (χ1n) is 5.67. The minimum atomic E-state index is -0.105. The van der Waals surface area contributed by atoms with Crippen LogP contribution >= 0.6 is 0 Å². The first kappa shape index (κ1) is 17.3. The second-order valence-corrected chi connectivity index (χ2v) is 2.97. The molecule has 0 aromatic heterocycles. The van der Waals surface area contributed by atoms with Gasteiger partial charge in [0.05, 0.1) is 0 Å². The van der Waals surface area contributed by atoms with Gasteiger partial charge in [-0.15, -0.1) is 0 Å². The fraction of sp³-hybridized carbons (Fsp3) is 0.818. The molecule has 16 heavy (non-hydrogen) atoms. The number of carbonyl (C=O) groups excluding carboxylic acids is 2. The number of ether oxygens (including phenoxy) is 1. The average molecular weight is 232 g/mol. The highest BCUT2D eigenvalue weighted by atomic mass is 16.5. The molecular weight excluding hydrogens is 208 g/mol. The van der Waals surface area contributed by atoms with E-state index in [-0.39, 0.29) is 18.4 Å². The van der Waals surface area contributed by atoms with Crippen molar-refractivity contribution in [3.05, 3.63) is 0 Å². The lowest BCUT2D eigenvalue weighted by Crippen LogP contribution is -2.28. The van der Waals surface area contributed by atoms with Crippen LogP contribution in [0.3, 0.4) is 0 Å². The Labute approximate surface area is 97.9 Å². The van der Waals surface area contributed by atoms with E-state index in [1.54, 1.807) is 0 Å². The van der Waals surface area contributed by atoms with Crippen LogP contribution in [0.2, 0.25) is 0 Å². The number of hydrogen-bond acceptors (Lipinski definition) is 3. The molecule has 96 valence electrons. The zero-order valence-electron chi connectivity index (χ0n) is 10.8. The van der Waals surface area contributed by atoms with Crippen LogP contribution in [-0.4, -0.2) is 38.6 Å². The third-order valence-electron chi connectivity index (χ3n) is 1.58. The van der Waals surface area contributed by atoms with E-state index in [1.165, 1.54) is 14.0 Å². The standard InChI is InChI=1S/C9H18N2O3.C2H6/c1-8(12)10-5-3-4-6-11-9(13)7-14-2;1-2/h3-7H2,1-2H3,(H,10,12)(H,11,13);1-2H3. The van der Waals surface area contributed by atoms with Gasteiger partial charge in [0.1, 0.15) is 6.61 Å². The van der Waals surface area contributed by atoms with Gasteiger partial charge >= 0.3 is 0 Å². The van der Waals surface area contributed by atoms with Crippen molar-refractivity contribution in [1.29, 1.82) is 0 Å². The molecule has 0 aromatic carbocycles. The van der Waals surface area contributed by atoms with Crippen molar-refractivity contribution < 1.29 is 14.3 Å². The summed E-state index contributed by atoms with van der Waals surface area (Å²) >= 11 is 0. The zero-order valence-corrected chi connectivity index (χ0v) is 10.8. The minimum Gasteiger partial charge on any atom is -0.375 e. The van der Waals surface area contributed by atoms with Crippen LogP contribution in [0.1, 0.15) is 33.6 Å². The molecule has 2 amide bonds. The number of carbonyl (C=O) groups is 2. The molecule has 0 aliphatic carbocycles. The normalized spacial score (nSPS) is 8.75. The third-order valence-corrected chi connectivity index (χ3v) is 1.58. The molecule has 0 saturated carbocycles. The fourth-order valence-electron chi connectivity index (χ4n) is 0.924. The number of unbranched alkanes of at least 4 members (excludes halogenated alkanes) is 1. The molecule has 0 fully saturated rings. The van der Waals surface area contributed by atoms with Crippen LogP contribution in [0, 0.1) is 0 Å². The molecule has 5 heteroatoms. The third kappa shape index (κ3) is 15.4. The molecule has 0 rings (SSSR count). The Hall–Kier alpha value is -1.10. The summed E-state index contributed by atoms with van der Waals surface area (Å²) < 4.78 is 4.64. The van der Waals surface area contributed by atoms with E-state index in [2.05, 4.69) is 15.4 Å². The van der Waals surface area contributed by atoms with Crippen LogP contribution in [0.15, 0.2) is 0 Å². The van der Waals surface area contributed by atoms with Gasteiger partial charge < -0.3 is 15.4 Å². The van der Waals surface area contributed by atoms with Crippen molar-refractivity contribution in [2.45, 2.75) is 33.6 Å². The maximum absolute atomic E-state index is 10.9. The van der Waals surface area contributed by atoms with Gasteiger partial charge in [0.15, 0.2) is 0 Å². The maximum Gasteiger partial charge on any atom is 0.245 e. The zero-order chi connectivity index (χ0) is 12.8. The Morgan fingerprint density at radius 2 is 1.56 bits per heavy atom. The Morgan fingerprint density at radius 1 is 1.06 bits per heavy atom. The Kier molecular flexibility index (Phi) is 15.0. The molecule has 0 heterocycles. The summed E-state index contributed by atoms with van der Waals surface area (Å²) in [6, 6.07) is 0. The first-order valence-corrected chi connectivity index (χ1v) is 5.67. The second-order valence-electron chi connectivity index (χ2n) is 2.97. The summed E-state index contributed by atoms with van der Waals surface area (Å²) in [6.45, 7) is 6.88. The molecule has 0 aliphatic heterocycles. The Bertz CT molecular complexity index is 184. The van der Waals surface area contributed by atoms with Crippen LogP contribution in [0.25, 0.3) is 0 Å². The quantitative estimate of drug-likeness (QED) is 0.635. The van der Waals surface area contributed by atoms with E-state index in [0.717, 1.165) is 12.8 Å². The molecule has 0 atom stereocenters. The summed E-state index contributed by atoms with van der Waals surface area (Å²) in [5, 5.41) is 5.38. The number of hydrogen-bond donors (Lipinski definition) is 2. The van der Waals surface area contributed by atoms with Crippen LogP contribution < -0.4 is 10.6 Å². The number of nitrogens with one attached hydrogen (secondary N) is 2. The minimum absolute atomic E-state index is 0.0200. The van der Waals surface area contributed by atoms with Gasteiger partial charge in [0.2, 0.25) is 11.8 Å². The molecular formula is C11H24N2O3. The van der Waals surface area contributed by atoms with E-state index in [4.69, 9.17) is 0 Å². The molecule has 0 bridgehead atoms. The lowest BCUT2D eigenvalue weighted by Gasteiger charge is -2.04. The lowest BCUT2D eigenvalue weighted by molar-refractivity contribution is -0.124. The predicted octanol–water partition coefficient (Wildman–Crippen LogP) is 0.691. The topological polar surface area (TPSA) is 67.4 Å². The van der Waals surface area contributed by atoms with Gasteiger partial charge in [0, 0.05) is 27.1 Å². The van der Waals surface area contributed by atoms with E-state index >= 15 is 0 Å². The Balaban J connectivity index is 0. The summed E-state index contributed by atoms with van der Waals surface area (Å²) in [5.74, 6) is -0.125. The summed E-state index contributed by atoms with van der Waals surface area (Å²) in [7, 11) is 1.48. The molecule has 0 unspecified atom stereocenters. The van der Waals surface area contributed by atoms with Gasteiger partial charge in [-0.25, -0.2) is 0 Å². The van der Waals surface area contributed by atoms with Gasteiger partial charge in [-0.3, -0.25) is 9.59 Å².